The maximum Gasteiger partial charge on any atom is 0.338 e. The first-order valence-electron chi connectivity index (χ1n) is 9.83. The van der Waals surface area contributed by atoms with Crippen molar-refractivity contribution in [2.75, 3.05) is 25.3 Å². The molecule has 0 unspecified atom stereocenters. The van der Waals surface area contributed by atoms with E-state index in [4.69, 9.17) is 25.8 Å². The van der Waals surface area contributed by atoms with Crippen molar-refractivity contribution >= 4 is 29.3 Å². The third-order valence-electron chi connectivity index (χ3n) is 5.02. The molecule has 0 bridgehead atoms. The van der Waals surface area contributed by atoms with E-state index in [0.717, 1.165) is 11.3 Å². The standard InChI is InChI=1S/C22H22ClN3O5/c1-3-29-21(27)19-16(10-24-14-6-4-12(2)15(23)9-14)25-22(28)26-20(19)13-5-7-17-18(8-13)31-11-30-17/h4-9,20,24H,3,10-11H2,1-2H3,(H2,25,26,28)/t20-/m0/s1. The van der Waals surface area contributed by atoms with E-state index in [9.17, 15) is 9.59 Å². The van der Waals surface area contributed by atoms with E-state index >= 15 is 0 Å². The number of hydrogen-bond donors (Lipinski definition) is 3. The number of aryl methyl sites for hydroxylation is 1. The largest absolute Gasteiger partial charge is 0.463 e. The summed E-state index contributed by atoms with van der Waals surface area (Å²) in [5, 5.41) is 9.36. The maximum absolute atomic E-state index is 12.9. The Balaban J connectivity index is 1.68. The number of anilines is 1. The Morgan fingerprint density at radius 1 is 1.23 bits per heavy atom. The fraction of sp³-hybridized carbons (Fsp3) is 0.273. The fourth-order valence-electron chi connectivity index (χ4n) is 3.44. The Hall–Kier alpha value is -3.39. The highest BCUT2D eigenvalue weighted by Crippen LogP contribution is 2.37. The Kier molecular flexibility index (Phi) is 5.90. The van der Waals surface area contributed by atoms with Gasteiger partial charge in [-0.15, -0.1) is 0 Å². The van der Waals surface area contributed by atoms with Crippen molar-refractivity contribution < 1.29 is 23.8 Å². The van der Waals surface area contributed by atoms with Gasteiger partial charge in [-0.2, -0.15) is 0 Å². The number of esters is 1. The minimum atomic E-state index is -0.708. The van der Waals surface area contributed by atoms with Gasteiger partial charge in [-0.1, -0.05) is 23.7 Å². The summed E-state index contributed by atoms with van der Waals surface area (Å²) in [5.74, 6) is 0.655. The van der Waals surface area contributed by atoms with Gasteiger partial charge in [0.2, 0.25) is 6.79 Å². The van der Waals surface area contributed by atoms with Crippen LogP contribution in [0.5, 0.6) is 11.5 Å². The number of urea groups is 1. The molecule has 0 saturated carbocycles. The molecule has 0 spiro atoms. The third kappa shape index (κ3) is 4.39. The second-order valence-corrected chi connectivity index (χ2v) is 7.48. The second-order valence-electron chi connectivity index (χ2n) is 7.07. The van der Waals surface area contributed by atoms with E-state index in [1.807, 2.05) is 19.1 Å². The number of amides is 2. The van der Waals surface area contributed by atoms with Crippen molar-refractivity contribution in [1.82, 2.24) is 10.6 Å². The number of fused-ring (bicyclic) bond motifs is 1. The second kappa shape index (κ2) is 8.77. The fourth-order valence-corrected chi connectivity index (χ4v) is 3.62. The van der Waals surface area contributed by atoms with E-state index in [1.54, 1.807) is 31.2 Å². The van der Waals surface area contributed by atoms with Crippen LogP contribution >= 0.6 is 11.6 Å². The predicted molar refractivity (Wildman–Crippen MR) is 115 cm³/mol. The van der Waals surface area contributed by atoms with Crippen LogP contribution in [0.25, 0.3) is 0 Å². The molecule has 0 radical (unpaired) electrons. The van der Waals surface area contributed by atoms with Crippen LogP contribution in [0.3, 0.4) is 0 Å². The van der Waals surface area contributed by atoms with E-state index in [0.29, 0.717) is 33.4 Å². The topological polar surface area (TPSA) is 97.9 Å². The molecule has 4 rings (SSSR count). The van der Waals surface area contributed by atoms with Crippen molar-refractivity contribution in [3.8, 4) is 11.5 Å². The summed E-state index contributed by atoms with van der Waals surface area (Å²) in [6, 6.07) is 9.72. The molecule has 2 aliphatic heterocycles. The van der Waals surface area contributed by atoms with Crippen molar-refractivity contribution in [2.45, 2.75) is 19.9 Å². The number of hydrogen-bond acceptors (Lipinski definition) is 6. The summed E-state index contributed by atoms with van der Waals surface area (Å²) in [6.45, 7) is 4.18. The molecule has 2 aliphatic rings. The molecule has 0 fully saturated rings. The lowest BCUT2D eigenvalue weighted by molar-refractivity contribution is -0.139. The van der Waals surface area contributed by atoms with Crippen LogP contribution in [0.15, 0.2) is 47.7 Å². The Bertz CT molecular complexity index is 1070. The van der Waals surface area contributed by atoms with Gasteiger partial charge in [-0.25, -0.2) is 9.59 Å². The molecule has 162 valence electrons. The Morgan fingerprint density at radius 2 is 2.03 bits per heavy atom. The highest BCUT2D eigenvalue weighted by Gasteiger charge is 2.34. The van der Waals surface area contributed by atoms with E-state index in [2.05, 4.69) is 16.0 Å². The molecule has 8 nitrogen and oxygen atoms in total. The monoisotopic (exact) mass is 443 g/mol. The lowest BCUT2D eigenvalue weighted by atomic mass is 9.94. The molecule has 9 heteroatoms. The number of nitrogens with one attached hydrogen (secondary N) is 3. The van der Waals surface area contributed by atoms with E-state index < -0.39 is 18.0 Å². The zero-order valence-electron chi connectivity index (χ0n) is 17.1. The summed E-state index contributed by atoms with van der Waals surface area (Å²) in [5.41, 5.74) is 3.13. The van der Waals surface area contributed by atoms with Gasteiger partial charge < -0.3 is 30.2 Å². The van der Waals surface area contributed by atoms with Gasteiger partial charge in [0, 0.05) is 10.7 Å². The first-order valence-corrected chi connectivity index (χ1v) is 10.2. The molecular formula is C22H22ClN3O5. The van der Waals surface area contributed by atoms with Gasteiger partial charge >= 0.3 is 12.0 Å². The van der Waals surface area contributed by atoms with Gasteiger partial charge in [0.05, 0.1) is 30.5 Å². The van der Waals surface area contributed by atoms with Crippen LogP contribution in [0, 0.1) is 6.92 Å². The Labute approximate surface area is 184 Å². The molecule has 0 saturated heterocycles. The van der Waals surface area contributed by atoms with Gasteiger partial charge in [-0.05, 0) is 49.2 Å². The van der Waals surface area contributed by atoms with Crippen molar-refractivity contribution in [2.24, 2.45) is 0 Å². The predicted octanol–water partition coefficient (Wildman–Crippen LogP) is 3.66. The zero-order valence-corrected chi connectivity index (χ0v) is 17.8. The number of halogens is 1. The number of benzene rings is 2. The molecule has 2 aromatic rings. The summed E-state index contributed by atoms with van der Waals surface area (Å²) < 4.78 is 16.1. The molecule has 2 aromatic carbocycles. The molecule has 0 aromatic heterocycles. The van der Waals surface area contributed by atoms with Crippen LogP contribution in [0.1, 0.15) is 24.1 Å². The summed E-state index contributed by atoms with van der Waals surface area (Å²) >= 11 is 6.20. The maximum atomic E-state index is 12.9. The first kappa shape index (κ1) is 20.9. The van der Waals surface area contributed by atoms with Crippen LogP contribution in [-0.2, 0) is 9.53 Å². The third-order valence-corrected chi connectivity index (χ3v) is 5.43. The minimum Gasteiger partial charge on any atom is -0.463 e. The van der Waals surface area contributed by atoms with Crippen molar-refractivity contribution in [1.29, 1.82) is 0 Å². The summed E-state index contributed by atoms with van der Waals surface area (Å²) in [7, 11) is 0. The molecule has 0 aliphatic carbocycles. The van der Waals surface area contributed by atoms with Crippen LogP contribution in [0.2, 0.25) is 5.02 Å². The smallest absolute Gasteiger partial charge is 0.338 e. The molecular weight excluding hydrogens is 422 g/mol. The van der Waals surface area contributed by atoms with E-state index in [-0.39, 0.29) is 19.9 Å². The quantitative estimate of drug-likeness (QED) is 0.589. The van der Waals surface area contributed by atoms with Gasteiger partial charge in [0.25, 0.3) is 0 Å². The highest BCUT2D eigenvalue weighted by atomic mass is 35.5. The van der Waals surface area contributed by atoms with Crippen LogP contribution in [-0.4, -0.2) is 31.9 Å². The Morgan fingerprint density at radius 3 is 2.81 bits per heavy atom. The molecule has 31 heavy (non-hydrogen) atoms. The highest BCUT2D eigenvalue weighted by molar-refractivity contribution is 6.31. The lowest BCUT2D eigenvalue weighted by Crippen LogP contribution is -2.47. The molecule has 1 atom stereocenters. The number of carbonyl (C=O) groups is 2. The minimum absolute atomic E-state index is 0.131. The van der Waals surface area contributed by atoms with Gasteiger partial charge in [-0.3, -0.25) is 0 Å². The zero-order chi connectivity index (χ0) is 22.0. The van der Waals surface area contributed by atoms with Gasteiger partial charge in [0.1, 0.15) is 0 Å². The van der Waals surface area contributed by atoms with Crippen LogP contribution in [0.4, 0.5) is 10.5 Å². The first-order chi connectivity index (χ1) is 15.0. The SMILES string of the molecule is CCOC(=O)C1=C(CNc2ccc(C)c(Cl)c2)NC(=O)N[C@H]1c1ccc2c(c1)OCO2. The van der Waals surface area contributed by atoms with E-state index in [1.165, 1.54) is 0 Å². The summed E-state index contributed by atoms with van der Waals surface area (Å²) in [6.07, 6.45) is 0. The van der Waals surface area contributed by atoms with Crippen LogP contribution < -0.4 is 25.4 Å². The molecule has 2 amide bonds. The lowest BCUT2D eigenvalue weighted by Gasteiger charge is -2.29. The summed E-state index contributed by atoms with van der Waals surface area (Å²) in [4.78, 5) is 25.3. The van der Waals surface area contributed by atoms with Crippen molar-refractivity contribution in [3.63, 3.8) is 0 Å². The van der Waals surface area contributed by atoms with Crippen molar-refractivity contribution in [3.05, 3.63) is 63.8 Å². The molecule has 2 heterocycles. The number of rotatable bonds is 6. The average molecular weight is 444 g/mol. The molecule has 3 N–H and O–H groups in total. The van der Waals surface area contributed by atoms with Gasteiger partial charge in [0.15, 0.2) is 11.5 Å². The number of ether oxygens (including phenoxy) is 3. The number of carbonyl (C=O) groups excluding carboxylic acids is 2. The normalized spacial score (nSPS) is 17.1. The average Bonchev–Trinajstić information content (AvgIpc) is 3.22.